The van der Waals surface area contributed by atoms with E-state index in [2.05, 4.69) is 0 Å². The molecule has 0 unspecified atom stereocenters. The standard InChI is InChI=1S/C10H13FO2S/c1-8(2)7-14(12,13)10-5-3-9(11)4-6-10/h3-6,8H,7H2,1-2H3. The van der Waals surface area contributed by atoms with E-state index < -0.39 is 15.7 Å². The topological polar surface area (TPSA) is 34.1 Å². The molecule has 1 aromatic rings. The summed E-state index contributed by atoms with van der Waals surface area (Å²) in [5.74, 6) is -0.253. The van der Waals surface area contributed by atoms with E-state index in [4.69, 9.17) is 0 Å². The SMILES string of the molecule is CC(C)CS(=O)(=O)c1ccc(F)cc1. The molecule has 0 N–H and O–H groups in total. The molecule has 0 radical (unpaired) electrons. The molecule has 0 bridgehead atoms. The van der Waals surface area contributed by atoms with Crippen molar-refractivity contribution in [2.75, 3.05) is 5.75 Å². The first kappa shape index (κ1) is 11.2. The monoisotopic (exact) mass is 216 g/mol. The third-order valence-electron chi connectivity index (χ3n) is 1.73. The molecular formula is C10H13FO2S. The molecule has 0 aromatic heterocycles. The zero-order chi connectivity index (χ0) is 10.8. The Morgan fingerprint density at radius 2 is 1.71 bits per heavy atom. The molecule has 0 atom stereocenters. The minimum atomic E-state index is -3.24. The maximum atomic E-state index is 12.5. The highest BCUT2D eigenvalue weighted by atomic mass is 32.2. The highest BCUT2D eigenvalue weighted by molar-refractivity contribution is 7.91. The van der Waals surface area contributed by atoms with Crippen LogP contribution in [0.5, 0.6) is 0 Å². The predicted molar refractivity (Wildman–Crippen MR) is 53.3 cm³/mol. The Morgan fingerprint density at radius 1 is 1.21 bits per heavy atom. The summed E-state index contributed by atoms with van der Waals surface area (Å²) in [7, 11) is -3.24. The van der Waals surface area contributed by atoms with Gasteiger partial charge in [0.15, 0.2) is 9.84 Å². The molecule has 0 aliphatic heterocycles. The summed E-state index contributed by atoms with van der Waals surface area (Å²) in [6, 6.07) is 4.92. The molecule has 0 aliphatic rings. The van der Waals surface area contributed by atoms with Crippen LogP contribution in [0.2, 0.25) is 0 Å². The van der Waals surface area contributed by atoms with Gasteiger partial charge in [-0.15, -0.1) is 0 Å². The second kappa shape index (κ2) is 4.09. The minimum Gasteiger partial charge on any atom is -0.224 e. The second-order valence-electron chi connectivity index (χ2n) is 3.63. The van der Waals surface area contributed by atoms with Gasteiger partial charge in [-0.3, -0.25) is 0 Å². The number of sulfone groups is 1. The molecule has 1 aromatic carbocycles. The fourth-order valence-electron chi connectivity index (χ4n) is 1.18. The van der Waals surface area contributed by atoms with Crippen LogP contribution in [0.4, 0.5) is 4.39 Å². The van der Waals surface area contributed by atoms with Crippen LogP contribution in [0.1, 0.15) is 13.8 Å². The summed E-state index contributed by atoms with van der Waals surface area (Å²) in [5, 5.41) is 0. The Morgan fingerprint density at radius 3 is 2.14 bits per heavy atom. The highest BCUT2D eigenvalue weighted by Crippen LogP contribution is 2.14. The molecule has 0 aliphatic carbocycles. The quantitative estimate of drug-likeness (QED) is 0.726. The summed E-state index contributed by atoms with van der Waals surface area (Å²) in [6.45, 7) is 3.67. The number of hydrogen-bond donors (Lipinski definition) is 0. The Bertz CT molecular complexity index is 393. The van der Waals surface area contributed by atoms with Gasteiger partial charge in [-0.05, 0) is 30.2 Å². The Kier molecular flexibility index (Phi) is 3.26. The second-order valence-corrected chi connectivity index (χ2v) is 5.66. The van der Waals surface area contributed by atoms with Gasteiger partial charge in [0.05, 0.1) is 10.6 Å². The first-order valence-electron chi connectivity index (χ1n) is 4.40. The molecule has 0 heterocycles. The van der Waals surface area contributed by atoms with Gasteiger partial charge in [0, 0.05) is 0 Å². The normalized spacial score (nSPS) is 12.0. The largest absolute Gasteiger partial charge is 0.224 e. The molecule has 78 valence electrons. The molecule has 4 heteroatoms. The van der Waals surface area contributed by atoms with Crippen molar-refractivity contribution in [2.45, 2.75) is 18.7 Å². The van der Waals surface area contributed by atoms with E-state index in [0.717, 1.165) is 12.1 Å². The summed E-state index contributed by atoms with van der Waals surface area (Å²) in [5.41, 5.74) is 0. The molecule has 1 rings (SSSR count). The van der Waals surface area contributed by atoms with Gasteiger partial charge in [-0.2, -0.15) is 0 Å². The fraction of sp³-hybridized carbons (Fsp3) is 0.400. The van der Waals surface area contributed by atoms with Gasteiger partial charge in [0.1, 0.15) is 5.82 Å². The molecule has 0 saturated carbocycles. The van der Waals surface area contributed by atoms with Gasteiger partial charge in [0.25, 0.3) is 0 Å². The van der Waals surface area contributed by atoms with Crippen molar-refractivity contribution in [2.24, 2.45) is 5.92 Å². The average molecular weight is 216 g/mol. The van der Waals surface area contributed by atoms with E-state index in [9.17, 15) is 12.8 Å². The van der Waals surface area contributed by atoms with Gasteiger partial charge >= 0.3 is 0 Å². The Balaban J connectivity index is 2.99. The highest BCUT2D eigenvalue weighted by Gasteiger charge is 2.15. The van der Waals surface area contributed by atoms with Crippen molar-refractivity contribution in [3.8, 4) is 0 Å². The van der Waals surface area contributed by atoms with E-state index in [1.54, 1.807) is 0 Å². The van der Waals surface area contributed by atoms with Crippen molar-refractivity contribution < 1.29 is 12.8 Å². The van der Waals surface area contributed by atoms with Crippen LogP contribution in [-0.4, -0.2) is 14.2 Å². The van der Waals surface area contributed by atoms with Gasteiger partial charge < -0.3 is 0 Å². The van der Waals surface area contributed by atoms with Crippen molar-refractivity contribution in [3.63, 3.8) is 0 Å². The van der Waals surface area contributed by atoms with Crippen molar-refractivity contribution >= 4 is 9.84 Å². The zero-order valence-electron chi connectivity index (χ0n) is 8.20. The summed E-state index contributed by atoms with van der Waals surface area (Å²) < 4.78 is 35.8. The number of rotatable bonds is 3. The Labute approximate surface area is 83.7 Å². The van der Waals surface area contributed by atoms with Crippen LogP contribution in [-0.2, 0) is 9.84 Å². The van der Waals surface area contributed by atoms with E-state index in [1.807, 2.05) is 13.8 Å². The van der Waals surface area contributed by atoms with Gasteiger partial charge in [0.2, 0.25) is 0 Å². The molecule has 14 heavy (non-hydrogen) atoms. The van der Waals surface area contributed by atoms with E-state index in [0.29, 0.717) is 0 Å². The van der Waals surface area contributed by atoms with Crippen LogP contribution in [0.15, 0.2) is 29.2 Å². The number of hydrogen-bond acceptors (Lipinski definition) is 2. The third-order valence-corrected chi connectivity index (χ3v) is 3.82. The summed E-state index contributed by atoms with van der Waals surface area (Å²) in [4.78, 5) is 0.188. The van der Waals surface area contributed by atoms with E-state index in [-0.39, 0.29) is 16.6 Å². The van der Waals surface area contributed by atoms with E-state index in [1.165, 1.54) is 12.1 Å². The molecule has 2 nitrogen and oxygen atoms in total. The lowest BCUT2D eigenvalue weighted by Gasteiger charge is -2.06. The first-order valence-corrected chi connectivity index (χ1v) is 6.05. The summed E-state index contributed by atoms with van der Waals surface area (Å²) in [6.07, 6.45) is 0. The van der Waals surface area contributed by atoms with E-state index >= 15 is 0 Å². The predicted octanol–water partition coefficient (Wildman–Crippen LogP) is 2.26. The fourth-order valence-corrected chi connectivity index (χ4v) is 2.80. The number of halogens is 1. The van der Waals surface area contributed by atoms with Crippen LogP contribution in [0, 0.1) is 11.7 Å². The Hall–Kier alpha value is -0.900. The minimum absolute atomic E-state index is 0.0741. The molecular weight excluding hydrogens is 203 g/mol. The van der Waals surface area contributed by atoms with Crippen LogP contribution in [0.3, 0.4) is 0 Å². The first-order chi connectivity index (χ1) is 6.42. The smallest absolute Gasteiger partial charge is 0.178 e. The lowest BCUT2D eigenvalue weighted by molar-refractivity contribution is 0.581. The zero-order valence-corrected chi connectivity index (χ0v) is 9.01. The summed E-state index contributed by atoms with van der Waals surface area (Å²) >= 11 is 0. The van der Waals surface area contributed by atoms with Gasteiger partial charge in [-0.25, -0.2) is 12.8 Å². The van der Waals surface area contributed by atoms with Crippen LogP contribution >= 0.6 is 0 Å². The van der Waals surface area contributed by atoms with Crippen LogP contribution < -0.4 is 0 Å². The lowest BCUT2D eigenvalue weighted by atomic mass is 10.3. The van der Waals surface area contributed by atoms with Crippen molar-refractivity contribution in [1.82, 2.24) is 0 Å². The number of benzene rings is 1. The van der Waals surface area contributed by atoms with Crippen molar-refractivity contribution in [3.05, 3.63) is 30.1 Å². The van der Waals surface area contributed by atoms with Gasteiger partial charge in [-0.1, -0.05) is 13.8 Å². The molecule has 0 amide bonds. The average Bonchev–Trinajstić information content (AvgIpc) is 2.02. The maximum absolute atomic E-state index is 12.5. The molecule has 0 saturated heterocycles. The molecule has 0 spiro atoms. The third kappa shape index (κ3) is 2.80. The van der Waals surface area contributed by atoms with Crippen LogP contribution in [0.25, 0.3) is 0 Å². The molecule has 0 fully saturated rings. The van der Waals surface area contributed by atoms with Crippen molar-refractivity contribution in [1.29, 1.82) is 0 Å². The lowest BCUT2D eigenvalue weighted by Crippen LogP contribution is -2.11. The maximum Gasteiger partial charge on any atom is 0.178 e.